The van der Waals surface area contributed by atoms with Gasteiger partial charge in [-0.05, 0) is 50.5 Å². The number of anilines is 2. The van der Waals surface area contributed by atoms with Gasteiger partial charge in [0.25, 0.3) is 5.91 Å². The fourth-order valence-corrected chi connectivity index (χ4v) is 8.18. The number of carbonyl (C=O) groups excluding carboxylic acids is 1. The molecule has 10 nitrogen and oxygen atoms in total. The summed E-state index contributed by atoms with van der Waals surface area (Å²) in [5.41, 5.74) is -0.134. The number of carbonyl (C=O) groups is 2. The molecule has 1 N–H and O–H groups in total. The van der Waals surface area contributed by atoms with E-state index in [4.69, 9.17) is 0 Å². The SMILES string of the molecule is C[C@@H]1CN(C(=O)O)c2nc(N3CC[C@H](F)C3)ccc2C(=O)N1C1CC2(C1)CN(S(=O)(=O)c1ccccc1F)C2. The molecule has 1 aromatic heterocycles. The topological polar surface area (TPSA) is 114 Å². The first kappa shape index (κ1) is 25.9. The minimum atomic E-state index is -3.95. The normalized spacial score (nSPS) is 25.3. The van der Waals surface area contributed by atoms with E-state index in [0.717, 1.165) is 11.0 Å². The van der Waals surface area contributed by atoms with Crippen LogP contribution < -0.4 is 9.80 Å². The Morgan fingerprint density at radius 3 is 2.49 bits per heavy atom. The summed E-state index contributed by atoms with van der Waals surface area (Å²) < 4.78 is 55.0. The first-order valence-electron chi connectivity index (χ1n) is 13.0. The summed E-state index contributed by atoms with van der Waals surface area (Å²) in [4.78, 5) is 34.6. The molecule has 3 fully saturated rings. The first-order chi connectivity index (χ1) is 18.5. The molecular formula is C26H29F2N5O5S. The molecule has 0 radical (unpaired) electrons. The van der Waals surface area contributed by atoms with Crippen molar-refractivity contribution in [2.75, 3.05) is 42.5 Å². The number of amides is 2. The lowest BCUT2D eigenvalue weighted by Crippen LogP contribution is -2.68. The van der Waals surface area contributed by atoms with Gasteiger partial charge in [-0.15, -0.1) is 0 Å². The second kappa shape index (κ2) is 9.12. The fourth-order valence-electron chi connectivity index (χ4n) is 6.44. The summed E-state index contributed by atoms with van der Waals surface area (Å²) in [6.07, 6.45) is -0.718. The average molecular weight is 562 g/mol. The third-order valence-electron chi connectivity index (χ3n) is 8.40. The number of pyridine rings is 1. The lowest BCUT2D eigenvalue weighted by molar-refractivity contribution is -0.0729. The average Bonchev–Trinajstić information content (AvgIpc) is 3.24. The Hall–Kier alpha value is -3.32. The van der Waals surface area contributed by atoms with Crippen molar-refractivity contribution >= 4 is 33.7 Å². The van der Waals surface area contributed by atoms with E-state index in [1.54, 1.807) is 28.9 Å². The number of rotatable bonds is 4. The molecule has 1 spiro atoms. The van der Waals surface area contributed by atoms with Crippen molar-refractivity contribution in [3.05, 3.63) is 47.8 Å². The Balaban J connectivity index is 1.20. The van der Waals surface area contributed by atoms with E-state index in [1.807, 2.05) is 0 Å². The highest BCUT2D eigenvalue weighted by Gasteiger charge is 2.58. The lowest BCUT2D eigenvalue weighted by atomic mass is 9.61. The van der Waals surface area contributed by atoms with Crippen LogP contribution in [0.25, 0.3) is 0 Å². The minimum absolute atomic E-state index is 0.0214. The third kappa shape index (κ3) is 4.22. The van der Waals surface area contributed by atoms with Crippen molar-refractivity contribution in [3.63, 3.8) is 0 Å². The van der Waals surface area contributed by atoms with E-state index in [1.165, 1.54) is 22.5 Å². The fraction of sp³-hybridized carbons (Fsp3) is 0.500. The quantitative estimate of drug-likeness (QED) is 0.611. The molecule has 0 unspecified atom stereocenters. The third-order valence-corrected chi connectivity index (χ3v) is 10.2. The number of sulfonamides is 1. The van der Waals surface area contributed by atoms with Crippen LogP contribution in [0, 0.1) is 11.2 Å². The Morgan fingerprint density at radius 1 is 1.13 bits per heavy atom. The molecule has 2 atom stereocenters. The summed E-state index contributed by atoms with van der Waals surface area (Å²) in [5, 5.41) is 9.95. The zero-order valence-corrected chi connectivity index (χ0v) is 22.1. The van der Waals surface area contributed by atoms with Gasteiger partial charge < -0.3 is 14.9 Å². The van der Waals surface area contributed by atoms with Crippen molar-refractivity contribution in [1.82, 2.24) is 14.2 Å². The molecule has 2 saturated heterocycles. The van der Waals surface area contributed by atoms with Crippen molar-refractivity contribution in [2.45, 2.75) is 49.3 Å². The summed E-state index contributed by atoms with van der Waals surface area (Å²) in [6.45, 7) is 2.92. The molecule has 0 bridgehead atoms. The maximum Gasteiger partial charge on any atom is 0.413 e. The molecule has 4 aliphatic rings. The van der Waals surface area contributed by atoms with Crippen LogP contribution in [0.15, 0.2) is 41.3 Å². The van der Waals surface area contributed by atoms with Crippen molar-refractivity contribution in [2.24, 2.45) is 5.41 Å². The standard InChI is InChI=1S/C26H29F2N5O5S/c1-16-12-32(25(35)36)23-19(6-7-22(29-23)30-9-8-17(27)13-30)24(34)33(16)18-10-26(11-18)14-31(15-26)39(37,38)21-5-3-2-4-20(21)28/h2-7,16-18H,8-15H2,1H3,(H,35,36)/t16-,17+/m1/s1. The monoisotopic (exact) mass is 561 g/mol. The van der Waals surface area contributed by atoms with Gasteiger partial charge >= 0.3 is 6.09 Å². The van der Waals surface area contributed by atoms with Gasteiger partial charge in [-0.2, -0.15) is 4.31 Å². The molecular weight excluding hydrogens is 532 g/mol. The van der Waals surface area contributed by atoms with Crippen LogP contribution in [0.2, 0.25) is 0 Å². The summed E-state index contributed by atoms with van der Waals surface area (Å²) in [7, 11) is -3.95. The number of carboxylic acid groups (broad SMARTS) is 1. The zero-order valence-electron chi connectivity index (χ0n) is 21.3. The smallest absolute Gasteiger partial charge is 0.413 e. The van der Waals surface area contributed by atoms with E-state index in [9.17, 15) is 31.9 Å². The molecule has 4 heterocycles. The predicted octanol–water partition coefficient (Wildman–Crippen LogP) is 2.95. The van der Waals surface area contributed by atoms with Crippen LogP contribution in [0.3, 0.4) is 0 Å². The van der Waals surface area contributed by atoms with E-state index < -0.39 is 34.1 Å². The number of aromatic nitrogens is 1. The van der Waals surface area contributed by atoms with E-state index in [2.05, 4.69) is 4.98 Å². The van der Waals surface area contributed by atoms with E-state index in [-0.39, 0.29) is 59.8 Å². The Bertz CT molecular complexity index is 1440. The molecule has 1 saturated carbocycles. The number of hydrogen-bond acceptors (Lipinski definition) is 6. The maximum absolute atomic E-state index is 14.1. The minimum Gasteiger partial charge on any atom is -0.465 e. The molecule has 39 heavy (non-hydrogen) atoms. The van der Waals surface area contributed by atoms with Gasteiger partial charge in [0.05, 0.1) is 18.7 Å². The van der Waals surface area contributed by atoms with Crippen molar-refractivity contribution < 1.29 is 31.9 Å². The lowest BCUT2D eigenvalue weighted by Gasteiger charge is -2.60. The van der Waals surface area contributed by atoms with Gasteiger partial charge in [-0.1, -0.05) is 12.1 Å². The van der Waals surface area contributed by atoms with Gasteiger partial charge in [-0.25, -0.2) is 27.0 Å². The van der Waals surface area contributed by atoms with Crippen LogP contribution >= 0.6 is 0 Å². The second-order valence-corrected chi connectivity index (χ2v) is 13.0. The highest BCUT2D eigenvalue weighted by molar-refractivity contribution is 7.89. The number of hydrogen-bond donors (Lipinski definition) is 1. The predicted molar refractivity (Wildman–Crippen MR) is 138 cm³/mol. The number of alkyl halides is 1. The van der Waals surface area contributed by atoms with Crippen LogP contribution in [-0.2, 0) is 10.0 Å². The number of nitrogens with zero attached hydrogens (tertiary/aromatic N) is 5. The summed E-state index contributed by atoms with van der Waals surface area (Å²) >= 11 is 0. The van der Waals surface area contributed by atoms with Crippen LogP contribution in [0.1, 0.15) is 36.5 Å². The van der Waals surface area contributed by atoms with Gasteiger partial charge in [0.15, 0.2) is 5.82 Å². The molecule has 1 aromatic carbocycles. The van der Waals surface area contributed by atoms with Gasteiger partial charge in [0.2, 0.25) is 10.0 Å². The van der Waals surface area contributed by atoms with Gasteiger partial charge in [0.1, 0.15) is 22.7 Å². The van der Waals surface area contributed by atoms with E-state index >= 15 is 0 Å². The molecule has 13 heteroatoms. The Morgan fingerprint density at radius 2 is 1.85 bits per heavy atom. The number of fused-ring (bicyclic) bond motifs is 1. The van der Waals surface area contributed by atoms with Crippen molar-refractivity contribution in [1.29, 1.82) is 0 Å². The molecule has 3 aliphatic heterocycles. The van der Waals surface area contributed by atoms with Crippen LogP contribution in [0.4, 0.5) is 25.2 Å². The second-order valence-electron chi connectivity index (χ2n) is 11.1. The maximum atomic E-state index is 14.1. The van der Waals surface area contributed by atoms with Crippen molar-refractivity contribution in [3.8, 4) is 0 Å². The Labute approximate surface area is 224 Å². The number of benzene rings is 1. The van der Waals surface area contributed by atoms with Gasteiger partial charge in [-0.3, -0.25) is 9.69 Å². The highest BCUT2D eigenvalue weighted by Crippen LogP contribution is 2.52. The summed E-state index contributed by atoms with van der Waals surface area (Å²) in [5.74, 6) is -0.648. The highest BCUT2D eigenvalue weighted by atomic mass is 32.2. The number of halogens is 2. The zero-order chi connectivity index (χ0) is 27.7. The van der Waals surface area contributed by atoms with Crippen LogP contribution in [-0.4, -0.2) is 90.7 Å². The van der Waals surface area contributed by atoms with E-state index in [0.29, 0.717) is 31.6 Å². The summed E-state index contributed by atoms with van der Waals surface area (Å²) in [6, 6.07) is 7.83. The van der Waals surface area contributed by atoms with Gasteiger partial charge in [0, 0.05) is 37.1 Å². The molecule has 2 amide bonds. The molecule has 208 valence electrons. The molecule has 2 aromatic rings. The molecule has 1 aliphatic carbocycles. The van der Waals surface area contributed by atoms with Crippen LogP contribution in [0.5, 0.6) is 0 Å². The Kier molecular flexibility index (Phi) is 6.06. The largest absolute Gasteiger partial charge is 0.465 e. The molecule has 6 rings (SSSR count). The first-order valence-corrected chi connectivity index (χ1v) is 14.4.